The molecule has 0 bridgehead atoms. The van der Waals surface area contributed by atoms with Crippen molar-refractivity contribution in [2.75, 3.05) is 12.4 Å². The quantitative estimate of drug-likeness (QED) is 0.521. The summed E-state index contributed by atoms with van der Waals surface area (Å²) in [7, 11) is 1.50. The predicted molar refractivity (Wildman–Crippen MR) is 91.4 cm³/mol. The summed E-state index contributed by atoms with van der Waals surface area (Å²) >= 11 is 0. The molecule has 2 aromatic carbocycles. The molecule has 0 saturated heterocycles. The smallest absolute Gasteiger partial charge is 0.259 e. The van der Waals surface area contributed by atoms with Gasteiger partial charge in [0.15, 0.2) is 5.78 Å². The Morgan fingerprint density at radius 1 is 1.17 bits per heavy atom. The molecule has 0 aliphatic rings. The number of nitrogens with zero attached hydrogens (tertiary/aromatic N) is 1. The summed E-state index contributed by atoms with van der Waals surface area (Å²) in [5, 5.41) is 11.6. The first-order valence-electron chi connectivity index (χ1n) is 7.22. The Morgan fingerprint density at radius 3 is 2.58 bits per heavy atom. The van der Waals surface area contributed by atoms with Gasteiger partial charge in [-0.3, -0.25) is 9.59 Å². The number of ketones is 1. The number of hydrogen-bond donors (Lipinski definition) is 1. The molecule has 5 nitrogen and oxygen atoms in total. The van der Waals surface area contributed by atoms with Crippen LogP contribution in [0, 0.1) is 11.3 Å². The van der Waals surface area contributed by atoms with Crippen LogP contribution in [0.3, 0.4) is 0 Å². The van der Waals surface area contributed by atoms with Crippen molar-refractivity contribution in [1.82, 2.24) is 0 Å². The van der Waals surface area contributed by atoms with Gasteiger partial charge in [0.2, 0.25) is 0 Å². The maximum atomic E-state index is 12.5. The molecule has 0 aliphatic heterocycles. The normalized spacial score (nSPS) is 10.6. The third kappa shape index (κ3) is 4.08. The van der Waals surface area contributed by atoms with Crippen LogP contribution < -0.4 is 10.1 Å². The van der Waals surface area contributed by atoms with Gasteiger partial charge in [0.1, 0.15) is 5.75 Å². The minimum Gasteiger partial charge on any atom is -0.495 e. The standard InChI is InChI=1S/C19H16N2O3/c1-13(22)16(11-14-6-5-7-15(10-14)12-20)19(23)21-17-8-3-4-9-18(17)24-2/h3-11H,1-2H3,(H,21,23). The lowest BCUT2D eigenvalue weighted by atomic mass is 10.1. The van der Waals surface area contributed by atoms with E-state index in [0.717, 1.165) is 0 Å². The summed E-state index contributed by atoms with van der Waals surface area (Å²) in [4.78, 5) is 24.3. The van der Waals surface area contributed by atoms with Gasteiger partial charge in [-0.2, -0.15) is 5.26 Å². The summed E-state index contributed by atoms with van der Waals surface area (Å²) in [6.07, 6.45) is 1.47. The lowest BCUT2D eigenvalue weighted by Gasteiger charge is -2.10. The first kappa shape index (κ1) is 17.0. The summed E-state index contributed by atoms with van der Waals surface area (Å²) in [5.74, 6) is -0.403. The zero-order chi connectivity index (χ0) is 17.5. The molecule has 0 unspecified atom stereocenters. The van der Waals surface area contributed by atoms with Crippen LogP contribution in [0.1, 0.15) is 18.1 Å². The number of rotatable bonds is 5. The van der Waals surface area contributed by atoms with Crippen molar-refractivity contribution in [3.05, 3.63) is 65.2 Å². The fourth-order valence-corrected chi connectivity index (χ4v) is 2.13. The molecule has 120 valence electrons. The van der Waals surface area contributed by atoms with E-state index < -0.39 is 5.91 Å². The first-order valence-corrected chi connectivity index (χ1v) is 7.22. The van der Waals surface area contributed by atoms with Crippen LogP contribution in [0.4, 0.5) is 5.69 Å². The van der Waals surface area contributed by atoms with Gasteiger partial charge in [0.05, 0.1) is 30.0 Å². The van der Waals surface area contributed by atoms with Crippen LogP contribution in [-0.2, 0) is 9.59 Å². The molecule has 2 aromatic rings. The number of nitriles is 1. The number of para-hydroxylation sites is 2. The molecule has 0 fully saturated rings. The van der Waals surface area contributed by atoms with Gasteiger partial charge in [-0.15, -0.1) is 0 Å². The van der Waals surface area contributed by atoms with Crippen molar-refractivity contribution in [2.24, 2.45) is 0 Å². The van der Waals surface area contributed by atoms with Crippen molar-refractivity contribution >= 4 is 23.5 Å². The molecular formula is C19H16N2O3. The molecule has 2 rings (SSSR count). The third-order valence-electron chi connectivity index (χ3n) is 3.31. The highest BCUT2D eigenvalue weighted by molar-refractivity contribution is 6.25. The number of nitrogens with one attached hydrogen (secondary N) is 1. The van der Waals surface area contributed by atoms with E-state index in [9.17, 15) is 9.59 Å². The van der Waals surface area contributed by atoms with Gasteiger partial charge >= 0.3 is 0 Å². The molecule has 5 heteroatoms. The second-order valence-electron chi connectivity index (χ2n) is 5.01. The average Bonchev–Trinajstić information content (AvgIpc) is 2.60. The van der Waals surface area contributed by atoms with Crippen molar-refractivity contribution < 1.29 is 14.3 Å². The van der Waals surface area contributed by atoms with Gasteiger partial charge in [-0.05, 0) is 42.8 Å². The Kier molecular flexibility index (Phi) is 5.48. The molecule has 1 N–H and O–H groups in total. The van der Waals surface area contributed by atoms with Crippen molar-refractivity contribution in [2.45, 2.75) is 6.92 Å². The third-order valence-corrected chi connectivity index (χ3v) is 3.31. The van der Waals surface area contributed by atoms with Crippen LogP contribution in [0.2, 0.25) is 0 Å². The second kappa shape index (κ2) is 7.75. The molecule has 0 heterocycles. The molecule has 0 atom stereocenters. The number of carbonyl (C=O) groups is 2. The van der Waals surface area contributed by atoms with Crippen molar-refractivity contribution in [1.29, 1.82) is 5.26 Å². The minimum absolute atomic E-state index is 0.00371. The Bertz CT molecular complexity index is 848. The molecule has 0 aliphatic carbocycles. The number of anilines is 1. The number of methoxy groups -OCH3 is 1. The van der Waals surface area contributed by atoms with Gasteiger partial charge in [-0.1, -0.05) is 24.3 Å². The Hall–Kier alpha value is -3.39. The summed E-state index contributed by atoms with van der Waals surface area (Å²) < 4.78 is 5.18. The summed E-state index contributed by atoms with van der Waals surface area (Å²) in [5.41, 5.74) is 1.53. The SMILES string of the molecule is COc1ccccc1NC(=O)C(=Cc1cccc(C#N)c1)C(C)=O. The highest BCUT2D eigenvalue weighted by Gasteiger charge is 2.16. The molecule has 24 heavy (non-hydrogen) atoms. The Balaban J connectivity index is 2.33. The highest BCUT2D eigenvalue weighted by Crippen LogP contribution is 2.24. The van der Waals surface area contributed by atoms with Crippen LogP contribution >= 0.6 is 0 Å². The Morgan fingerprint density at radius 2 is 1.92 bits per heavy atom. The van der Waals surface area contributed by atoms with Gasteiger partial charge in [0, 0.05) is 0 Å². The van der Waals surface area contributed by atoms with Crippen LogP contribution in [0.25, 0.3) is 6.08 Å². The molecule has 0 aromatic heterocycles. The fraction of sp³-hybridized carbons (Fsp3) is 0.105. The Labute approximate surface area is 140 Å². The number of Topliss-reactive ketones (excluding diaryl/α,β-unsaturated/α-hetero) is 1. The molecular weight excluding hydrogens is 304 g/mol. The number of hydrogen-bond acceptors (Lipinski definition) is 4. The van der Waals surface area contributed by atoms with E-state index in [1.54, 1.807) is 48.5 Å². The zero-order valence-electron chi connectivity index (χ0n) is 13.4. The van der Waals surface area contributed by atoms with Gasteiger partial charge in [-0.25, -0.2) is 0 Å². The number of benzene rings is 2. The van der Waals surface area contributed by atoms with Crippen LogP contribution in [-0.4, -0.2) is 18.8 Å². The number of ether oxygens (including phenoxy) is 1. The molecule has 1 amide bonds. The zero-order valence-corrected chi connectivity index (χ0v) is 13.4. The van der Waals surface area contributed by atoms with Crippen LogP contribution in [0.5, 0.6) is 5.75 Å². The molecule has 0 spiro atoms. The predicted octanol–water partition coefficient (Wildman–Crippen LogP) is 3.18. The van der Waals surface area contributed by atoms with Gasteiger partial charge in [0.25, 0.3) is 5.91 Å². The lowest BCUT2D eigenvalue weighted by Crippen LogP contribution is -2.19. The van der Waals surface area contributed by atoms with E-state index in [1.165, 1.54) is 20.1 Å². The van der Waals surface area contributed by atoms with E-state index >= 15 is 0 Å². The maximum absolute atomic E-state index is 12.5. The lowest BCUT2D eigenvalue weighted by molar-refractivity contribution is -0.118. The largest absolute Gasteiger partial charge is 0.495 e. The molecule has 0 saturated carbocycles. The van der Waals surface area contributed by atoms with E-state index in [2.05, 4.69) is 5.32 Å². The first-order chi connectivity index (χ1) is 11.5. The van der Waals surface area contributed by atoms with Gasteiger partial charge < -0.3 is 10.1 Å². The summed E-state index contributed by atoms with van der Waals surface area (Å²) in [6.45, 7) is 1.32. The van der Waals surface area contributed by atoms with Crippen LogP contribution in [0.15, 0.2) is 54.1 Å². The van der Waals surface area contributed by atoms with Crippen molar-refractivity contribution in [3.63, 3.8) is 0 Å². The van der Waals surface area contributed by atoms with E-state index in [-0.39, 0.29) is 11.4 Å². The molecule has 0 radical (unpaired) electrons. The van der Waals surface area contributed by atoms with E-state index in [0.29, 0.717) is 22.6 Å². The average molecular weight is 320 g/mol. The minimum atomic E-state index is -0.533. The maximum Gasteiger partial charge on any atom is 0.259 e. The second-order valence-corrected chi connectivity index (χ2v) is 5.01. The topological polar surface area (TPSA) is 79.2 Å². The fourth-order valence-electron chi connectivity index (χ4n) is 2.13. The van der Waals surface area contributed by atoms with Crippen molar-refractivity contribution in [3.8, 4) is 11.8 Å². The monoisotopic (exact) mass is 320 g/mol. The van der Waals surface area contributed by atoms with E-state index in [4.69, 9.17) is 10.00 Å². The highest BCUT2D eigenvalue weighted by atomic mass is 16.5. The van der Waals surface area contributed by atoms with E-state index in [1.807, 2.05) is 6.07 Å². The number of carbonyl (C=O) groups excluding carboxylic acids is 2. The number of amides is 1. The summed E-state index contributed by atoms with van der Waals surface area (Å²) in [6, 6.07) is 15.6.